The maximum atomic E-state index is 12.6. The van der Waals surface area contributed by atoms with Gasteiger partial charge in [0, 0.05) is 0 Å². The number of nitro groups is 1. The smallest absolute Gasteiger partial charge is 0.415 e. The first-order chi connectivity index (χ1) is 14.3. The Kier molecular flexibility index (Phi) is 8.25. The molecule has 0 aliphatic carbocycles. The molecule has 0 aliphatic heterocycles. The molecule has 160 valence electrons. The Morgan fingerprint density at radius 3 is 2.57 bits per heavy atom. The number of amides is 1. The van der Waals surface area contributed by atoms with Gasteiger partial charge in [-0.3, -0.25) is 19.8 Å². The summed E-state index contributed by atoms with van der Waals surface area (Å²) in [7, 11) is 0. The lowest BCUT2D eigenvalue weighted by molar-refractivity contribution is -0.384. The maximum absolute atomic E-state index is 12.6. The van der Waals surface area contributed by atoms with E-state index in [4.69, 9.17) is 33.3 Å². The van der Waals surface area contributed by atoms with Gasteiger partial charge in [-0.25, -0.2) is 4.79 Å². The number of esters is 1. The first-order valence-corrected chi connectivity index (χ1v) is 9.67. The predicted octanol–water partition coefficient (Wildman–Crippen LogP) is 3.97. The molecule has 2 aromatic rings. The number of anilines is 1. The van der Waals surface area contributed by atoms with Gasteiger partial charge < -0.3 is 14.5 Å². The molecule has 30 heavy (non-hydrogen) atoms. The van der Waals surface area contributed by atoms with Crippen LogP contribution in [0.2, 0.25) is 5.15 Å². The van der Waals surface area contributed by atoms with Crippen LogP contribution >= 0.6 is 23.8 Å². The highest BCUT2D eigenvalue weighted by molar-refractivity contribution is 7.71. The van der Waals surface area contributed by atoms with Gasteiger partial charge >= 0.3 is 17.7 Å². The minimum Gasteiger partial charge on any atom is -0.466 e. The summed E-state index contributed by atoms with van der Waals surface area (Å²) in [5, 5.41) is 11.2. The average Bonchev–Trinajstić information content (AvgIpc) is 2.65. The molecule has 0 fully saturated rings. The minimum absolute atomic E-state index is 0.0411. The molecule has 0 bridgehead atoms. The summed E-state index contributed by atoms with van der Waals surface area (Å²) in [6.45, 7) is 3.49. The number of rotatable bonds is 8. The van der Waals surface area contributed by atoms with E-state index in [-0.39, 0.29) is 41.9 Å². The van der Waals surface area contributed by atoms with E-state index in [1.165, 1.54) is 0 Å². The van der Waals surface area contributed by atoms with Gasteiger partial charge in [-0.2, -0.15) is 4.98 Å². The van der Waals surface area contributed by atoms with Crippen LogP contribution < -0.4 is 4.90 Å². The molecule has 0 spiro atoms. The number of nitrogens with zero attached hydrogens (tertiary/aromatic N) is 3. The normalized spacial score (nSPS) is 10.4. The number of hydrogen-bond donors (Lipinski definition) is 1. The first kappa shape index (κ1) is 23.2. The van der Waals surface area contributed by atoms with Gasteiger partial charge in [0.2, 0.25) is 5.82 Å². The van der Waals surface area contributed by atoms with E-state index < -0.39 is 22.7 Å². The number of aromatic nitrogens is 2. The number of halogens is 1. The van der Waals surface area contributed by atoms with E-state index in [9.17, 15) is 19.7 Å². The predicted molar refractivity (Wildman–Crippen MR) is 111 cm³/mol. The summed E-state index contributed by atoms with van der Waals surface area (Å²) in [6.07, 6.45) is -0.817. The van der Waals surface area contributed by atoms with Crippen LogP contribution in [0, 0.1) is 14.9 Å². The third kappa shape index (κ3) is 5.97. The second kappa shape index (κ2) is 10.6. The Hall–Kier alpha value is -3.05. The lowest BCUT2D eigenvalue weighted by Gasteiger charge is -2.21. The van der Waals surface area contributed by atoms with Crippen molar-refractivity contribution in [1.29, 1.82) is 0 Å². The molecule has 1 aromatic heterocycles. The SMILES string of the molecule is CCOC(=O)Cc1cccc(CN(C(=O)OCC)c2nc(=S)[nH]c(Cl)c2[N+](=O)[O-])c1. The number of H-pyrrole nitrogens is 1. The Morgan fingerprint density at radius 2 is 1.93 bits per heavy atom. The van der Waals surface area contributed by atoms with E-state index in [1.54, 1.807) is 38.1 Å². The highest BCUT2D eigenvalue weighted by atomic mass is 35.5. The van der Waals surface area contributed by atoms with Crippen molar-refractivity contribution in [2.45, 2.75) is 26.8 Å². The van der Waals surface area contributed by atoms with Gasteiger partial charge in [0.15, 0.2) is 9.92 Å². The number of benzene rings is 1. The number of aromatic amines is 1. The largest absolute Gasteiger partial charge is 0.466 e. The summed E-state index contributed by atoms with van der Waals surface area (Å²) in [5.74, 6) is -0.738. The maximum Gasteiger partial charge on any atom is 0.415 e. The second-order valence-corrected chi connectivity index (χ2v) is 6.64. The summed E-state index contributed by atoms with van der Waals surface area (Å²) >= 11 is 10.9. The fourth-order valence-electron chi connectivity index (χ4n) is 2.60. The van der Waals surface area contributed by atoms with E-state index >= 15 is 0 Å². The molecule has 1 aromatic carbocycles. The fraction of sp³-hybridized carbons (Fsp3) is 0.333. The Morgan fingerprint density at radius 1 is 1.27 bits per heavy atom. The highest BCUT2D eigenvalue weighted by Gasteiger charge is 2.31. The van der Waals surface area contributed by atoms with Crippen LogP contribution in [-0.4, -0.2) is 40.2 Å². The van der Waals surface area contributed by atoms with Crippen LogP contribution in [-0.2, 0) is 27.2 Å². The van der Waals surface area contributed by atoms with Crippen molar-refractivity contribution in [3.8, 4) is 0 Å². The van der Waals surface area contributed by atoms with E-state index in [0.29, 0.717) is 11.1 Å². The van der Waals surface area contributed by atoms with Gasteiger partial charge in [0.1, 0.15) is 0 Å². The van der Waals surface area contributed by atoms with E-state index in [1.807, 2.05) is 0 Å². The summed E-state index contributed by atoms with van der Waals surface area (Å²) in [4.78, 5) is 42.4. The van der Waals surface area contributed by atoms with Crippen molar-refractivity contribution in [2.75, 3.05) is 18.1 Å². The molecular weight excluding hydrogens is 436 g/mol. The highest BCUT2D eigenvalue weighted by Crippen LogP contribution is 2.33. The average molecular weight is 455 g/mol. The fourth-order valence-corrected chi connectivity index (χ4v) is 3.09. The molecule has 1 heterocycles. The monoisotopic (exact) mass is 454 g/mol. The van der Waals surface area contributed by atoms with Crippen LogP contribution in [0.1, 0.15) is 25.0 Å². The number of nitrogens with one attached hydrogen (secondary N) is 1. The van der Waals surface area contributed by atoms with Gasteiger partial charge in [0.25, 0.3) is 0 Å². The number of carbonyl (C=O) groups is 2. The quantitative estimate of drug-likeness (QED) is 0.208. The van der Waals surface area contributed by atoms with E-state index in [2.05, 4.69) is 9.97 Å². The minimum atomic E-state index is -0.861. The van der Waals surface area contributed by atoms with E-state index in [0.717, 1.165) is 4.90 Å². The molecule has 0 saturated carbocycles. The van der Waals surface area contributed by atoms with Gasteiger partial charge in [-0.15, -0.1) is 0 Å². The van der Waals surface area contributed by atoms with Gasteiger partial charge in [-0.05, 0) is 37.2 Å². The molecule has 1 amide bonds. The number of ether oxygens (including phenoxy) is 2. The molecule has 0 aliphatic rings. The summed E-state index contributed by atoms with van der Waals surface area (Å²) < 4.78 is 9.84. The van der Waals surface area contributed by atoms with Crippen molar-refractivity contribution in [3.63, 3.8) is 0 Å². The van der Waals surface area contributed by atoms with Crippen LogP contribution in [0.5, 0.6) is 0 Å². The van der Waals surface area contributed by atoms with Crippen molar-refractivity contribution in [3.05, 3.63) is 55.4 Å². The molecule has 2 rings (SSSR count). The molecule has 0 saturated heterocycles. The molecule has 10 nitrogen and oxygen atoms in total. The number of carbonyl (C=O) groups excluding carboxylic acids is 2. The molecule has 12 heteroatoms. The van der Waals surface area contributed by atoms with Crippen LogP contribution in [0.4, 0.5) is 16.3 Å². The topological polar surface area (TPSA) is 128 Å². The summed E-state index contributed by atoms with van der Waals surface area (Å²) in [6, 6.07) is 6.79. The molecule has 0 unspecified atom stereocenters. The van der Waals surface area contributed by atoms with Crippen LogP contribution in [0.15, 0.2) is 24.3 Å². The third-order valence-corrected chi connectivity index (χ3v) is 4.22. The van der Waals surface area contributed by atoms with Crippen molar-refractivity contribution < 1.29 is 24.0 Å². The molecular formula is C18H19ClN4O6S. The zero-order valence-electron chi connectivity index (χ0n) is 16.2. The lowest BCUT2D eigenvalue weighted by atomic mass is 10.1. The van der Waals surface area contributed by atoms with Crippen LogP contribution in [0.25, 0.3) is 0 Å². The van der Waals surface area contributed by atoms with Gasteiger partial charge in [-0.1, -0.05) is 35.9 Å². The lowest BCUT2D eigenvalue weighted by Crippen LogP contribution is -2.32. The first-order valence-electron chi connectivity index (χ1n) is 8.88. The second-order valence-electron chi connectivity index (χ2n) is 5.87. The van der Waals surface area contributed by atoms with Crippen molar-refractivity contribution in [1.82, 2.24) is 9.97 Å². The summed E-state index contributed by atoms with van der Waals surface area (Å²) in [5.41, 5.74) is 0.623. The third-order valence-electron chi connectivity index (χ3n) is 3.76. The standard InChI is InChI=1S/C18H19ClN4O6S/c1-3-28-13(24)9-11-6-5-7-12(8-11)10-22(18(25)29-4-2)16-14(23(26)27)15(19)20-17(30)21-16/h5-8H,3-4,9-10H2,1-2H3,(H,20,21,30). The number of hydrogen-bond acceptors (Lipinski definition) is 8. The van der Waals surface area contributed by atoms with Crippen LogP contribution in [0.3, 0.4) is 0 Å². The van der Waals surface area contributed by atoms with Crippen molar-refractivity contribution in [2.24, 2.45) is 0 Å². The Balaban J connectivity index is 2.46. The molecule has 0 radical (unpaired) electrons. The zero-order valence-corrected chi connectivity index (χ0v) is 17.8. The Labute approximate surface area is 181 Å². The van der Waals surface area contributed by atoms with Crippen molar-refractivity contribution >= 4 is 47.4 Å². The Bertz CT molecular complexity index is 1010. The van der Waals surface area contributed by atoms with Gasteiger partial charge in [0.05, 0.1) is 31.1 Å². The zero-order chi connectivity index (χ0) is 22.3. The molecule has 1 N–H and O–H groups in total. The molecule has 0 atom stereocenters.